The van der Waals surface area contributed by atoms with E-state index in [1.54, 1.807) is 6.92 Å². The highest BCUT2D eigenvalue weighted by Gasteiger charge is 2.23. The third-order valence-electron chi connectivity index (χ3n) is 3.09. The number of para-hydroxylation sites is 1. The minimum absolute atomic E-state index is 0.244. The Morgan fingerprint density at radius 3 is 3.11 bits per heavy atom. The van der Waals surface area contributed by atoms with Crippen LogP contribution in [0, 0.1) is 6.92 Å². The molecule has 0 unspecified atom stereocenters. The van der Waals surface area contributed by atoms with Crippen LogP contribution in [0.5, 0.6) is 5.75 Å². The van der Waals surface area contributed by atoms with Crippen molar-refractivity contribution in [1.82, 2.24) is 15.5 Å². The molecule has 0 bridgehead atoms. The van der Waals surface area contributed by atoms with E-state index in [4.69, 9.17) is 9.15 Å². The van der Waals surface area contributed by atoms with E-state index in [2.05, 4.69) is 37.5 Å². The number of benzene rings is 1. The van der Waals surface area contributed by atoms with Crippen molar-refractivity contribution in [3.63, 3.8) is 0 Å². The predicted molar refractivity (Wildman–Crippen MR) is 72.9 cm³/mol. The fraction of sp³-hybridized carbons (Fsp3) is 0.385. The van der Waals surface area contributed by atoms with E-state index in [0.29, 0.717) is 24.9 Å². The Kier molecular flexibility index (Phi) is 3.52. The van der Waals surface area contributed by atoms with Gasteiger partial charge in [-0.05, 0) is 22.0 Å². The maximum atomic E-state index is 5.70. The van der Waals surface area contributed by atoms with Crippen LogP contribution >= 0.6 is 15.9 Å². The fourth-order valence-corrected chi connectivity index (χ4v) is 2.71. The molecule has 2 aromatic rings. The van der Waals surface area contributed by atoms with Crippen LogP contribution in [0.2, 0.25) is 0 Å². The van der Waals surface area contributed by atoms with E-state index < -0.39 is 0 Å². The van der Waals surface area contributed by atoms with E-state index in [1.807, 2.05) is 12.1 Å². The summed E-state index contributed by atoms with van der Waals surface area (Å²) in [5, 5.41) is 11.2. The van der Waals surface area contributed by atoms with Gasteiger partial charge in [-0.15, -0.1) is 10.2 Å². The average Bonchev–Trinajstić information content (AvgIpc) is 2.83. The summed E-state index contributed by atoms with van der Waals surface area (Å²) in [4.78, 5) is 0. The number of ether oxygens (including phenoxy) is 1. The molecule has 1 aromatic heterocycles. The van der Waals surface area contributed by atoms with Crippen LogP contribution in [-0.2, 0) is 6.54 Å². The zero-order chi connectivity index (χ0) is 13.2. The van der Waals surface area contributed by atoms with Gasteiger partial charge in [0.2, 0.25) is 11.8 Å². The smallest absolute Gasteiger partial charge is 0.230 e. The number of nitrogens with zero attached hydrogens (tertiary/aromatic N) is 2. The van der Waals surface area contributed by atoms with Crippen molar-refractivity contribution in [3.8, 4) is 5.75 Å². The second kappa shape index (κ2) is 5.30. The Morgan fingerprint density at radius 2 is 2.32 bits per heavy atom. The van der Waals surface area contributed by atoms with Crippen LogP contribution in [0.25, 0.3) is 0 Å². The average molecular weight is 324 g/mol. The normalized spacial score (nSPS) is 17.9. The highest BCUT2D eigenvalue weighted by molar-refractivity contribution is 9.10. The highest BCUT2D eigenvalue weighted by atomic mass is 79.9. The molecule has 0 spiro atoms. The van der Waals surface area contributed by atoms with Crippen molar-refractivity contribution < 1.29 is 9.15 Å². The first-order chi connectivity index (χ1) is 9.24. The van der Waals surface area contributed by atoms with Gasteiger partial charge in [0, 0.05) is 24.9 Å². The van der Waals surface area contributed by atoms with Gasteiger partial charge in [0.05, 0.1) is 17.6 Å². The molecule has 1 aliphatic heterocycles. The molecule has 0 fully saturated rings. The molecule has 1 aliphatic rings. The monoisotopic (exact) mass is 323 g/mol. The molecule has 5 nitrogen and oxygen atoms in total. The van der Waals surface area contributed by atoms with Gasteiger partial charge in [0.25, 0.3) is 0 Å². The summed E-state index contributed by atoms with van der Waals surface area (Å²) in [5.74, 6) is 2.13. The van der Waals surface area contributed by atoms with Crippen molar-refractivity contribution in [2.24, 2.45) is 0 Å². The summed E-state index contributed by atoms with van der Waals surface area (Å²) in [6.07, 6.45) is 0.927. The first-order valence-electron chi connectivity index (χ1n) is 6.17. The van der Waals surface area contributed by atoms with Gasteiger partial charge in [-0.25, -0.2) is 0 Å². The van der Waals surface area contributed by atoms with Crippen LogP contribution < -0.4 is 10.1 Å². The molecule has 1 N–H and O–H groups in total. The van der Waals surface area contributed by atoms with Crippen LogP contribution in [0.4, 0.5) is 0 Å². The van der Waals surface area contributed by atoms with Crippen molar-refractivity contribution in [2.75, 3.05) is 6.61 Å². The number of hydrogen-bond donors (Lipinski definition) is 1. The van der Waals surface area contributed by atoms with Gasteiger partial charge in [0.15, 0.2) is 0 Å². The fourth-order valence-electron chi connectivity index (χ4n) is 2.22. The Hall–Kier alpha value is -1.40. The molecule has 0 amide bonds. The second-order valence-corrected chi connectivity index (χ2v) is 5.30. The number of aryl methyl sites for hydroxylation is 1. The Morgan fingerprint density at radius 1 is 1.42 bits per heavy atom. The first-order valence-corrected chi connectivity index (χ1v) is 6.97. The zero-order valence-corrected chi connectivity index (χ0v) is 12.1. The molecule has 0 radical (unpaired) electrons. The van der Waals surface area contributed by atoms with E-state index in [0.717, 1.165) is 22.2 Å². The number of aromatic nitrogens is 2. The van der Waals surface area contributed by atoms with Gasteiger partial charge in [-0.3, -0.25) is 0 Å². The number of halogens is 1. The Balaban J connectivity index is 1.75. The molecule has 1 aromatic carbocycles. The van der Waals surface area contributed by atoms with Crippen LogP contribution in [0.15, 0.2) is 27.1 Å². The van der Waals surface area contributed by atoms with Gasteiger partial charge >= 0.3 is 0 Å². The van der Waals surface area contributed by atoms with E-state index in [9.17, 15) is 0 Å². The summed E-state index contributed by atoms with van der Waals surface area (Å²) in [5.41, 5.74) is 1.16. The summed E-state index contributed by atoms with van der Waals surface area (Å²) in [7, 11) is 0. The van der Waals surface area contributed by atoms with Gasteiger partial charge in [-0.2, -0.15) is 0 Å². The SMILES string of the molecule is Cc1nnc(CN[C@@H]2CCOc3c(Br)cccc32)o1. The summed E-state index contributed by atoms with van der Waals surface area (Å²) >= 11 is 3.52. The van der Waals surface area contributed by atoms with Crippen LogP contribution in [0.1, 0.15) is 29.8 Å². The molecule has 1 atom stereocenters. The summed E-state index contributed by atoms with van der Waals surface area (Å²) < 4.78 is 12.1. The summed E-state index contributed by atoms with van der Waals surface area (Å²) in [6.45, 7) is 3.06. The minimum atomic E-state index is 0.244. The quantitative estimate of drug-likeness (QED) is 0.941. The molecular formula is C13H14BrN3O2. The van der Waals surface area contributed by atoms with Gasteiger partial charge in [0.1, 0.15) is 5.75 Å². The summed E-state index contributed by atoms with van der Waals surface area (Å²) in [6, 6.07) is 6.33. The van der Waals surface area contributed by atoms with Crippen molar-refractivity contribution in [3.05, 3.63) is 40.0 Å². The number of fused-ring (bicyclic) bond motifs is 1. The largest absolute Gasteiger partial charge is 0.492 e. The number of nitrogens with one attached hydrogen (secondary N) is 1. The Bertz CT molecular complexity index is 585. The third-order valence-corrected chi connectivity index (χ3v) is 3.72. The molecule has 2 heterocycles. The lowest BCUT2D eigenvalue weighted by molar-refractivity contribution is 0.247. The predicted octanol–water partition coefficient (Wildman–Crippen LogP) is 2.75. The maximum absolute atomic E-state index is 5.70. The molecule has 0 saturated carbocycles. The molecular weight excluding hydrogens is 310 g/mol. The van der Waals surface area contributed by atoms with E-state index in [-0.39, 0.29) is 6.04 Å². The van der Waals surface area contributed by atoms with Crippen molar-refractivity contribution >= 4 is 15.9 Å². The number of hydrogen-bond acceptors (Lipinski definition) is 5. The molecule has 6 heteroatoms. The Labute approximate surface area is 119 Å². The van der Waals surface area contributed by atoms with Crippen LogP contribution in [0.3, 0.4) is 0 Å². The lowest BCUT2D eigenvalue weighted by atomic mass is 10.0. The minimum Gasteiger partial charge on any atom is -0.492 e. The van der Waals surface area contributed by atoms with E-state index >= 15 is 0 Å². The maximum Gasteiger partial charge on any atom is 0.230 e. The van der Waals surface area contributed by atoms with E-state index in [1.165, 1.54) is 0 Å². The number of rotatable bonds is 3. The second-order valence-electron chi connectivity index (χ2n) is 4.44. The molecule has 0 saturated heterocycles. The van der Waals surface area contributed by atoms with Crippen molar-refractivity contribution in [2.45, 2.75) is 25.9 Å². The molecule has 100 valence electrons. The third kappa shape index (κ3) is 2.64. The van der Waals surface area contributed by atoms with Gasteiger partial charge < -0.3 is 14.5 Å². The molecule has 3 rings (SSSR count). The first kappa shape index (κ1) is 12.6. The van der Waals surface area contributed by atoms with Crippen molar-refractivity contribution in [1.29, 1.82) is 0 Å². The van der Waals surface area contributed by atoms with Crippen LogP contribution in [-0.4, -0.2) is 16.8 Å². The lowest BCUT2D eigenvalue weighted by Crippen LogP contribution is -2.27. The van der Waals surface area contributed by atoms with Gasteiger partial charge in [-0.1, -0.05) is 12.1 Å². The topological polar surface area (TPSA) is 60.2 Å². The lowest BCUT2D eigenvalue weighted by Gasteiger charge is -2.27. The zero-order valence-electron chi connectivity index (χ0n) is 10.5. The molecule has 19 heavy (non-hydrogen) atoms. The standard InChI is InChI=1S/C13H14BrN3O2/c1-8-16-17-12(19-8)7-15-11-5-6-18-13-9(11)3-2-4-10(13)14/h2-4,11,15H,5-7H2,1H3/t11-/m1/s1. The highest BCUT2D eigenvalue weighted by Crippen LogP contribution is 2.37. The molecule has 0 aliphatic carbocycles.